The summed E-state index contributed by atoms with van der Waals surface area (Å²) >= 11 is 0. The van der Waals surface area contributed by atoms with Crippen molar-refractivity contribution >= 4 is 17.4 Å². The first-order valence-electron chi connectivity index (χ1n) is 8.18. The minimum Gasteiger partial charge on any atom is -0.352 e. The van der Waals surface area contributed by atoms with Crippen LogP contribution in [0.3, 0.4) is 0 Å². The fourth-order valence-electron chi connectivity index (χ4n) is 2.19. The van der Waals surface area contributed by atoms with Gasteiger partial charge in [0.05, 0.1) is 0 Å². The maximum Gasteiger partial charge on any atom is 0.251 e. The highest BCUT2D eigenvalue weighted by Crippen LogP contribution is 2.16. The van der Waals surface area contributed by atoms with Crippen LogP contribution in [0.15, 0.2) is 42.6 Å². The molecule has 0 aliphatic heterocycles. The number of aryl methyl sites for hydroxylation is 1. The molecular formula is C19H25N3O. The molecule has 4 nitrogen and oxygen atoms in total. The number of amides is 1. The van der Waals surface area contributed by atoms with Gasteiger partial charge >= 0.3 is 0 Å². The van der Waals surface area contributed by atoms with Crippen LogP contribution in [0.5, 0.6) is 0 Å². The molecule has 1 heterocycles. The van der Waals surface area contributed by atoms with Crippen LogP contribution in [-0.4, -0.2) is 17.4 Å². The first-order valence-corrected chi connectivity index (χ1v) is 8.18. The molecule has 1 aromatic heterocycles. The Balaban J connectivity index is 1.99. The van der Waals surface area contributed by atoms with Gasteiger partial charge in [-0.05, 0) is 48.6 Å². The van der Waals surface area contributed by atoms with Gasteiger partial charge in [0, 0.05) is 24.0 Å². The third kappa shape index (κ3) is 5.40. The van der Waals surface area contributed by atoms with Crippen LogP contribution >= 0.6 is 0 Å². The van der Waals surface area contributed by atoms with E-state index in [0.717, 1.165) is 18.5 Å². The van der Waals surface area contributed by atoms with E-state index in [4.69, 9.17) is 0 Å². The van der Waals surface area contributed by atoms with Gasteiger partial charge < -0.3 is 10.6 Å². The lowest BCUT2D eigenvalue weighted by molar-refractivity contribution is 0.0952. The maximum absolute atomic E-state index is 12.1. The number of anilines is 2. The largest absolute Gasteiger partial charge is 0.352 e. The van der Waals surface area contributed by atoms with Gasteiger partial charge in [0.25, 0.3) is 5.91 Å². The average molecular weight is 311 g/mol. The number of nitrogens with one attached hydrogen (secondary N) is 2. The number of aromatic nitrogens is 1. The Morgan fingerprint density at radius 3 is 2.57 bits per heavy atom. The quantitative estimate of drug-likeness (QED) is 0.807. The van der Waals surface area contributed by atoms with Crippen molar-refractivity contribution in [3.8, 4) is 0 Å². The molecule has 23 heavy (non-hydrogen) atoms. The summed E-state index contributed by atoms with van der Waals surface area (Å²) in [4.78, 5) is 16.4. The van der Waals surface area contributed by atoms with Crippen molar-refractivity contribution in [1.82, 2.24) is 10.3 Å². The predicted octanol–water partition coefficient (Wildman–Crippen LogP) is 4.16. The number of benzene rings is 1. The third-order valence-corrected chi connectivity index (χ3v) is 3.66. The second-order valence-electron chi connectivity index (χ2n) is 6.04. The molecule has 0 saturated heterocycles. The molecule has 2 rings (SSSR count). The summed E-state index contributed by atoms with van der Waals surface area (Å²) in [5, 5.41) is 6.18. The Hall–Kier alpha value is -2.36. The highest BCUT2D eigenvalue weighted by atomic mass is 16.1. The smallest absolute Gasteiger partial charge is 0.251 e. The minimum absolute atomic E-state index is 0.0579. The predicted molar refractivity (Wildman–Crippen MR) is 95.1 cm³/mol. The Kier molecular flexibility index (Phi) is 6.15. The van der Waals surface area contributed by atoms with E-state index in [1.165, 1.54) is 5.56 Å². The zero-order valence-electron chi connectivity index (χ0n) is 14.1. The molecule has 122 valence electrons. The van der Waals surface area contributed by atoms with Crippen molar-refractivity contribution in [3.05, 3.63) is 53.7 Å². The summed E-state index contributed by atoms with van der Waals surface area (Å²) in [6.45, 7) is 7.11. The maximum atomic E-state index is 12.1. The molecule has 0 atom stereocenters. The lowest BCUT2D eigenvalue weighted by Gasteiger charge is -2.09. The van der Waals surface area contributed by atoms with E-state index < -0.39 is 0 Å². The number of carbonyl (C=O) groups excluding carboxylic acids is 1. The number of hydrogen-bond donors (Lipinski definition) is 2. The highest BCUT2D eigenvalue weighted by molar-refractivity contribution is 5.94. The van der Waals surface area contributed by atoms with Crippen molar-refractivity contribution in [2.75, 3.05) is 11.9 Å². The van der Waals surface area contributed by atoms with Gasteiger partial charge in [0.15, 0.2) is 0 Å². The summed E-state index contributed by atoms with van der Waals surface area (Å²) in [6.07, 6.45) is 3.65. The second kappa shape index (κ2) is 8.32. The molecule has 0 aliphatic rings. The monoisotopic (exact) mass is 311 g/mol. The Bertz CT molecular complexity index is 635. The third-order valence-electron chi connectivity index (χ3n) is 3.66. The number of nitrogens with zero attached hydrogens (tertiary/aromatic N) is 1. The van der Waals surface area contributed by atoms with Crippen LogP contribution < -0.4 is 10.6 Å². The minimum atomic E-state index is -0.0579. The fraction of sp³-hybridized carbons (Fsp3) is 0.368. The molecule has 0 bridgehead atoms. The molecule has 1 amide bonds. The van der Waals surface area contributed by atoms with Gasteiger partial charge in [0.1, 0.15) is 5.82 Å². The van der Waals surface area contributed by atoms with E-state index in [-0.39, 0.29) is 5.91 Å². The van der Waals surface area contributed by atoms with Crippen LogP contribution in [0.2, 0.25) is 0 Å². The topological polar surface area (TPSA) is 54.0 Å². The van der Waals surface area contributed by atoms with E-state index in [1.807, 2.05) is 12.1 Å². The van der Waals surface area contributed by atoms with Crippen LogP contribution in [-0.2, 0) is 6.42 Å². The second-order valence-corrected chi connectivity index (χ2v) is 6.04. The zero-order chi connectivity index (χ0) is 16.7. The van der Waals surface area contributed by atoms with Gasteiger partial charge in [-0.15, -0.1) is 0 Å². The van der Waals surface area contributed by atoms with Crippen molar-refractivity contribution in [2.24, 2.45) is 5.92 Å². The molecule has 0 unspecified atom stereocenters. The fourth-order valence-corrected chi connectivity index (χ4v) is 2.19. The summed E-state index contributed by atoms with van der Waals surface area (Å²) < 4.78 is 0. The van der Waals surface area contributed by atoms with Gasteiger partial charge in [-0.3, -0.25) is 4.79 Å². The van der Waals surface area contributed by atoms with E-state index in [1.54, 1.807) is 18.3 Å². The molecule has 2 N–H and O–H groups in total. The molecule has 2 aromatic rings. The first-order chi connectivity index (χ1) is 11.1. The van der Waals surface area contributed by atoms with Crippen LogP contribution in [0.25, 0.3) is 0 Å². The molecule has 0 fully saturated rings. The highest BCUT2D eigenvalue weighted by Gasteiger charge is 2.07. The standard InChI is InChI=1S/C19H25N3O/c1-4-15-5-7-17(8-6-15)22-18-13-16(10-12-20-18)19(23)21-11-9-14(2)3/h5-8,10,12-14H,4,9,11H2,1-3H3,(H,20,22)(H,21,23). The average Bonchev–Trinajstić information content (AvgIpc) is 2.55. The van der Waals surface area contributed by atoms with Crippen molar-refractivity contribution in [1.29, 1.82) is 0 Å². The van der Waals surface area contributed by atoms with E-state index in [0.29, 0.717) is 23.8 Å². The van der Waals surface area contributed by atoms with Gasteiger partial charge in [-0.25, -0.2) is 4.98 Å². The van der Waals surface area contributed by atoms with E-state index in [9.17, 15) is 4.79 Å². The van der Waals surface area contributed by atoms with Crippen LogP contribution in [0, 0.1) is 5.92 Å². The molecule has 1 aromatic carbocycles. The Morgan fingerprint density at radius 1 is 1.17 bits per heavy atom. The lowest BCUT2D eigenvalue weighted by atomic mass is 10.1. The van der Waals surface area contributed by atoms with Crippen LogP contribution in [0.1, 0.15) is 43.1 Å². The number of pyridine rings is 1. The summed E-state index contributed by atoms with van der Waals surface area (Å²) in [5.74, 6) is 1.19. The van der Waals surface area contributed by atoms with Crippen LogP contribution in [0.4, 0.5) is 11.5 Å². The number of hydrogen-bond acceptors (Lipinski definition) is 3. The molecule has 0 radical (unpaired) electrons. The van der Waals surface area contributed by atoms with Gasteiger partial charge in [0.2, 0.25) is 0 Å². The van der Waals surface area contributed by atoms with Crippen molar-refractivity contribution in [3.63, 3.8) is 0 Å². The Morgan fingerprint density at radius 2 is 1.91 bits per heavy atom. The first kappa shape index (κ1) is 17.0. The summed E-state index contributed by atoms with van der Waals surface area (Å²) in [6, 6.07) is 11.7. The van der Waals surface area contributed by atoms with E-state index in [2.05, 4.69) is 48.5 Å². The molecular weight excluding hydrogens is 286 g/mol. The molecule has 4 heteroatoms. The van der Waals surface area contributed by atoms with Crippen molar-refractivity contribution < 1.29 is 4.79 Å². The molecule has 0 saturated carbocycles. The zero-order valence-corrected chi connectivity index (χ0v) is 14.1. The normalized spacial score (nSPS) is 10.6. The summed E-state index contributed by atoms with van der Waals surface area (Å²) in [7, 11) is 0. The molecule has 0 spiro atoms. The number of rotatable bonds is 7. The number of carbonyl (C=O) groups is 1. The van der Waals surface area contributed by atoms with E-state index >= 15 is 0 Å². The van der Waals surface area contributed by atoms with Gasteiger partial charge in [-0.1, -0.05) is 32.9 Å². The lowest BCUT2D eigenvalue weighted by Crippen LogP contribution is -2.25. The van der Waals surface area contributed by atoms with Gasteiger partial charge in [-0.2, -0.15) is 0 Å². The Labute approximate surface area is 138 Å². The SMILES string of the molecule is CCc1ccc(Nc2cc(C(=O)NCCC(C)C)ccn2)cc1. The molecule has 0 aliphatic carbocycles. The van der Waals surface area contributed by atoms with Crippen molar-refractivity contribution in [2.45, 2.75) is 33.6 Å². The summed E-state index contributed by atoms with van der Waals surface area (Å²) in [5.41, 5.74) is 2.88.